The topological polar surface area (TPSA) is 38.8 Å². The average molecular weight is 264 g/mol. The Morgan fingerprint density at radius 2 is 2.11 bits per heavy atom. The van der Waals surface area contributed by atoms with Gasteiger partial charge in [0.1, 0.15) is 17.8 Å². The van der Waals surface area contributed by atoms with Gasteiger partial charge in [-0.25, -0.2) is 0 Å². The fourth-order valence-corrected chi connectivity index (χ4v) is 6.34. The molecule has 3 nitrogen and oxygen atoms in total. The fourth-order valence-electron chi connectivity index (χ4n) is 6.34. The van der Waals surface area contributed by atoms with Crippen molar-refractivity contribution in [3.05, 3.63) is 0 Å². The van der Waals surface area contributed by atoms with Crippen molar-refractivity contribution in [1.29, 1.82) is 0 Å². The summed E-state index contributed by atoms with van der Waals surface area (Å²) in [5.41, 5.74) is 0.724. The van der Waals surface area contributed by atoms with E-state index in [9.17, 15) is 4.79 Å². The van der Waals surface area contributed by atoms with Gasteiger partial charge in [0.25, 0.3) is 0 Å². The molecule has 4 fully saturated rings. The van der Waals surface area contributed by atoms with Crippen molar-refractivity contribution in [2.45, 2.75) is 77.1 Å². The van der Waals surface area contributed by atoms with Gasteiger partial charge in [0.05, 0.1) is 0 Å². The lowest BCUT2D eigenvalue weighted by molar-refractivity contribution is -0.153. The second kappa shape index (κ2) is 3.36. The van der Waals surface area contributed by atoms with Crippen LogP contribution in [-0.2, 0) is 14.3 Å². The maximum Gasteiger partial charge on any atom is 0.302 e. The van der Waals surface area contributed by atoms with Crippen LogP contribution in [0.15, 0.2) is 0 Å². The molecule has 0 spiro atoms. The molecule has 3 heteroatoms. The van der Waals surface area contributed by atoms with E-state index in [0.29, 0.717) is 10.8 Å². The van der Waals surface area contributed by atoms with E-state index in [2.05, 4.69) is 13.8 Å². The van der Waals surface area contributed by atoms with Crippen molar-refractivity contribution in [3.8, 4) is 0 Å². The average Bonchev–Trinajstić information content (AvgIpc) is 2.77. The SMILES string of the molecule is CC(=O)O[C@H]1CC23CCCC2(CC[C@@H]3C)[C@]2(C)O[C@H]12. The number of esters is 1. The lowest BCUT2D eigenvalue weighted by Crippen LogP contribution is -2.54. The first kappa shape index (κ1) is 12.2. The van der Waals surface area contributed by atoms with Crippen LogP contribution in [-0.4, -0.2) is 23.8 Å². The summed E-state index contributed by atoms with van der Waals surface area (Å²) in [4.78, 5) is 11.4. The zero-order valence-electron chi connectivity index (χ0n) is 12.2. The Morgan fingerprint density at radius 3 is 2.84 bits per heavy atom. The molecule has 0 aromatic rings. The number of ether oxygens (including phenoxy) is 2. The Bertz CT molecular complexity index is 447. The van der Waals surface area contributed by atoms with Gasteiger partial charge in [-0.1, -0.05) is 13.3 Å². The van der Waals surface area contributed by atoms with Crippen molar-refractivity contribution in [3.63, 3.8) is 0 Å². The number of epoxide rings is 1. The minimum Gasteiger partial charge on any atom is -0.460 e. The van der Waals surface area contributed by atoms with Crippen LogP contribution in [0.4, 0.5) is 0 Å². The molecular weight excluding hydrogens is 240 g/mol. The Balaban J connectivity index is 1.76. The first-order valence-electron chi connectivity index (χ1n) is 7.80. The van der Waals surface area contributed by atoms with Gasteiger partial charge < -0.3 is 9.47 Å². The first-order valence-corrected chi connectivity index (χ1v) is 7.80. The molecule has 106 valence electrons. The lowest BCUT2D eigenvalue weighted by Gasteiger charge is -2.51. The van der Waals surface area contributed by atoms with Gasteiger partial charge >= 0.3 is 5.97 Å². The van der Waals surface area contributed by atoms with E-state index in [0.717, 1.165) is 12.3 Å². The number of hydrogen-bond acceptors (Lipinski definition) is 3. The zero-order valence-corrected chi connectivity index (χ0v) is 12.2. The molecule has 0 aromatic heterocycles. The fraction of sp³-hybridized carbons (Fsp3) is 0.938. The molecule has 4 aliphatic rings. The van der Waals surface area contributed by atoms with E-state index < -0.39 is 0 Å². The summed E-state index contributed by atoms with van der Waals surface area (Å²) < 4.78 is 11.8. The third kappa shape index (κ3) is 1.17. The van der Waals surface area contributed by atoms with E-state index in [1.165, 1.54) is 39.0 Å². The van der Waals surface area contributed by atoms with Crippen LogP contribution >= 0.6 is 0 Å². The highest BCUT2D eigenvalue weighted by molar-refractivity contribution is 5.66. The van der Waals surface area contributed by atoms with Gasteiger partial charge in [0, 0.05) is 12.3 Å². The van der Waals surface area contributed by atoms with Gasteiger partial charge in [0.2, 0.25) is 0 Å². The molecule has 0 aromatic carbocycles. The summed E-state index contributed by atoms with van der Waals surface area (Å²) in [5.74, 6) is 0.588. The normalized spacial score (nSPS) is 58.2. The van der Waals surface area contributed by atoms with E-state index in [4.69, 9.17) is 9.47 Å². The molecule has 3 aliphatic carbocycles. The standard InChI is InChI=1S/C16H24O3/c1-10-5-8-16-7-4-6-15(10,16)9-12(18-11(2)17)13-14(16,3)19-13/h10,12-13H,4-9H2,1-3H3/t10-,12-,13+,14+,15?,16?/m0/s1. The predicted octanol–water partition coefficient (Wildman–Crippen LogP) is 3.07. The Kier molecular flexibility index (Phi) is 2.16. The minimum atomic E-state index is -0.157. The largest absolute Gasteiger partial charge is 0.460 e. The van der Waals surface area contributed by atoms with Crippen molar-refractivity contribution < 1.29 is 14.3 Å². The highest BCUT2D eigenvalue weighted by Crippen LogP contribution is 2.79. The Labute approximate surface area is 115 Å². The zero-order chi connectivity index (χ0) is 13.5. The highest BCUT2D eigenvalue weighted by Gasteiger charge is 2.81. The van der Waals surface area contributed by atoms with Crippen LogP contribution in [0.2, 0.25) is 0 Å². The number of carbonyl (C=O) groups excluding carboxylic acids is 1. The van der Waals surface area contributed by atoms with E-state index in [-0.39, 0.29) is 23.8 Å². The molecule has 0 radical (unpaired) electrons. The van der Waals surface area contributed by atoms with Crippen LogP contribution in [0.25, 0.3) is 0 Å². The summed E-state index contributed by atoms with van der Waals surface area (Å²) in [7, 11) is 0. The van der Waals surface area contributed by atoms with Crippen LogP contribution < -0.4 is 0 Å². The van der Waals surface area contributed by atoms with Crippen LogP contribution in [0.1, 0.15) is 59.3 Å². The number of carbonyl (C=O) groups is 1. The van der Waals surface area contributed by atoms with Crippen LogP contribution in [0, 0.1) is 16.7 Å². The lowest BCUT2D eigenvalue weighted by atomic mass is 9.52. The highest BCUT2D eigenvalue weighted by atomic mass is 16.6. The molecule has 0 N–H and O–H groups in total. The second-order valence-corrected chi connectivity index (χ2v) is 7.53. The molecule has 1 heterocycles. The molecule has 4 rings (SSSR count). The Morgan fingerprint density at radius 1 is 1.32 bits per heavy atom. The van der Waals surface area contributed by atoms with Gasteiger partial charge in [-0.15, -0.1) is 0 Å². The van der Waals surface area contributed by atoms with Gasteiger partial charge in [-0.05, 0) is 50.4 Å². The molecule has 1 saturated heterocycles. The third-order valence-corrected chi connectivity index (χ3v) is 7.16. The van der Waals surface area contributed by atoms with Gasteiger partial charge in [-0.2, -0.15) is 0 Å². The van der Waals surface area contributed by atoms with Crippen molar-refractivity contribution in [2.24, 2.45) is 16.7 Å². The second-order valence-electron chi connectivity index (χ2n) is 7.53. The first-order chi connectivity index (χ1) is 8.95. The maximum absolute atomic E-state index is 11.4. The molecule has 1 aliphatic heterocycles. The Hall–Kier alpha value is -0.570. The smallest absolute Gasteiger partial charge is 0.302 e. The van der Waals surface area contributed by atoms with Gasteiger partial charge in [-0.3, -0.25) is 4.79 Å². The molecule has 0 amide bonds. The van der Waals surface area contributed by atoms with Gasteiger partial charge in [0.15, 0.2) is 0 Å². The monoisotopic (exact) mass is 264 g/mol. The molecule has 2 unspecified atom stereocenters. The summed E-state index contributed by atoms with van der Waals surface area (Å²) >= 11 is 0. The van der Waals surface area contributed by atoms with Crippen molar-refractivity contribution in [1.82, 2.24) is 0 Å². The molecule has 6 atom stereocenters. The summed E-state index contributed by atoms with van der Waals surface area (Å²) in [5, 5.41) is 0. The van der Waals surface area contributed by atoms with Crippen LogP contribution in [0.5, 0.6) is 0 Å². The maximum atomic E-state index is 11.4. The van der Waals surface area contributed by atoms with Crippen molar-refractivity contribution >= 4 is 5.97 Å². The van der Waals surface area contributed by atoms with Crippen LogP contribution in [0.3, 0.4) is 0 Å². The van der Waals surface area contributed by atoms with Crippen molar-refractivity contribution in [2.75, 3.05) is 0 Å². The number of fused-ring (bicyclic) bond motifs is 1. The molecule has 3 saturated carbocycles. The molecule has 19 heavy (non-hydrogen) atoms. The quantitative estimate of drug-likeness (QED) is 0.539. The molecule has 0 bridgehead atoms. The summed E-state index contributed by atoms with van der Waals surface area (Å²) in [6, 6.07) is 0. The van der Waals surface area contributed by atoms with E-state index >= 15 is 0 Å². The number of rotatable bonds is 1. The predicted molar refractivity (Wildman–Crippen MR) is 70.6 cm³/mol. The van der Waals surface area contributed by atoms with E-state index in [1.807, 2.05) is 0 Å². The molecular formula is C16H24O3. The minimum absolute atomic E-state index is 0.00530. The summed E-state index contributed by atoms with van der Waals surface area (Å²) in [6.07, 6.45) is 7.76. The third-order valence-electron chi connectivity index (χ3n) is 7.16. The summed E-state index contributed by atoms with van der Waals surface area (Å²) in [6.45, 7) is 6.21. The number of hydrogen-bond donors (Lipinski definition) is 0. The van der Waals surface area contributed by atoms with E-state index in [1.54, 1.807) is 0 Å².